The molecule has 1 saturated heterocycles. The van der Waals surface area contributed by atoms with Crippen LogP contribution in [0.3, 0.4) is 0 Å². The molecule has 2 aromatic carbocycles. The van der Waals surface area contributed by atoms with E-state index < -0.39 is 0 Å². The van der Waals surface area contributed by atoms with Gasteiger partial charge in [0.25, 0.3) is 5.91 Å². The number of likely N-dealkylation sites (tertiary alicyclic amines) is 1. The highest BCUT2D eigenvalue weighted by Gasteiger charge is 2.34. The normalized spacial score (nSPS) is 19.9. The summed E-state index contributed by atoms with van der Waals surface area (Å²) in [4.78, 5) is 22.0. The third-order valence-electron chi connectivity index (χ3n) is 6.82. The number of aromatic nitrogens is 2. The third kappa shape index (κ3) is 3.61. The van der Waals surface area contributed by atoms with Gasteiger partial charge in [0.2, 0.25) is 0 Å². The number of amides is 1. The lowest BCUT2D eigenvalue weighted by molar-refractivity contribution is 0.0720. The van der Waals surface area contributed by atoms with E-state index in [2.05, 4.69) is 20.5 Å². The first-order chi connectivity index (χ1) is 14.6. The molecule has 2 heterocycles. The number of nitrogens with zero attached hydrogens (tertiary/aromatic N) is 4. The number of rotatable bonds is 5. The number of para-hydroxylation sites is 2. The fourth-order valence-electron chi connectivity index (χ4n) is 4.67. The molecule has 5 nitrogen and oxygen atoms in total. The monoisotopic (exact) mass is 422 g/mol. The van der Waals surface area contributed by atoms with Gasteiger partial charge in [0.15, 0.2) is 0 Å². The van der Waals surface area contributed by atoms with Crippen LogP contribution in [-0.4, -0.2) is 57.5 Å². The van der Waals surface area contributed by atoms with Crippen molar-refractivity contribution in [2.45, 2.75) is 44.3 Å². The summed E-state index contributed by atoms with van der Waals surface area (Å²) in [6.07, 6.45) is 6.86. The van der Waals surface area contributed by atoms with Crippen LogP contribution in [0.15, 0.2) is 48.8 Å². The minimum absolute atomic E-state index is 0.0528. The van der Waals surface area contributed by atoms with Gasteiger partial charge in [-0.15, -0.1) is 0 Å². The first-order valence-corrected chi connectivity index (χ1v) is 11.2. The second-order valence-corrected chi connectivity index (χ2v) is 9.01. The second-order valence-electron chi connectivity index (χ2n) is 8.61. The van der Waals surface area contributed by atoms with E-state index in [4.69, 9.17) is 11.6 Å². The van der Waals surface area contributed by atoms with Crippen LogP contribution < -0.4 is 0 Å². The number of carbonyl (C=O) groups excluding carboxylic acids is 1. The maximum absolute atomic E-state index is 13.1. The van der Waals surface area contributed by atoms with Gasteiger partial charge in [-0.25, -0.2) is 4.98 Å². The molecule has 2 fully saturated rings. The lowest BCUT2D eigenvalue weighted by atomic mass is 9.92. The van der Waals surface area contributed by atoms with Crippen molar-refractivity contribution in [3.63, 3.8) is 0 Å². The van der Waals surface area contributed by atoms with Gasteiger partial charge in [0.1, 0.15) is 0 Å². The molecule has 2 aliphatic rings. The topological polar surface area (TPSA) is 41.4 Å². The van der Waals surface area contributed by atoms with Gasteiger partial charge in [0.05, 0.1) is 23.9 Å². The zero-order valence-corrected chi connectivity index (χ0v) is 18.1. The van der Waals surface area contributed by atoms with Gasteiger partial charge in [0, 0.05) is 42.8 Å². The smallest absolute Gasteiger partial charge is 0.253 e. The summed E-state index contributed by atoms with van der Waals surface area (Å²) in [5.41, 5.74) is 3.68. The van der Waals surface area contributed by atoms with Gasteiger partial charge >= 0.3 is 0 Å². The van der Waals surface area contributed by atoms with Gasteiger partial charge < -0.3 is 9.47 Å². The Labute approximate surface area is 182 Å². The lowest BCUT2D eigenvalue weighted by Crippen LogP contribution is -2.43. The van der Waals surface area contributed by atoms with Crippen LogP contribution in [0.2, 0.25) is 5.02 Å². The Morgan fingerprint density at radius 1 is 1.20 bits per heavy atom. The van der Waals surface area contributed by atoms with Crippen molar-refractivity contribution in [1.29, 1.82) is 0 Å². The fraction of sp³-hybridized carbons (Fsp3) is 0.417. The molecule has 1 amide bonds. The molecule has 0 N–H and O–H groups in total. The summed E-state index contributed by atoms with van der Waals surface area (Å²) in [6.45, 7) is 2.72. The summed E-state index contributed by atoms with van der Waals surface area (Å²) in [7, 11) is 1.93. The molecule has 3 aromatic rings. The van der Waals surface area contributed by atoms with Gasteiger partial charge in [-0.3, -0.25) is 9.69 Å². The maximum atomic E-state index is 13.1. The molecule has 1 aliphatic heterocycles. The molecule has 30 heavy (non-hydrogen) atoms. The van der Waals surface area contributed by atoms with Crippen molar-refractivity contribution in [3.8, 4) is 0 Å². The summed E-state index contributed by atoms with van der Waals surface area (Å²) in [6, 6.07) is 14.8. The molecule has 5 rings (SSSR count). The van der Waals surface area contributed by atoms with Crippen LogP contribution in [0.25, 0.3) is 11.0 Å². The van der Waals surface area contributed by atoms with E-state index in [9.17, 15) is 4.79 Å². The Bertz CT molecular complexity index is 1070. The standard InChI is InChI=1S/C24H27ClN4O/c1-27(20-11-12-28(15-20)19-5-4-6-19)24(30)17-9-10-18(21(25)13-17)14-29-16-26-22-7-2-3-8-23(22)29/h2-3,7-10,13,16,19-20H,4-6,11-12,14-15H2,1H3/t20-/m1/s1. The summed E-state index contributed by atoms with van der Waals surface area (Å²) < 4.78 is 2.08. The van der Waals surface area contributed by atoms with Crippen molar-refractivity contribution < 1.29 is 4.79 Å². The minimum atomic E-state index is 0.0528. The predicted octanol–water partition coefficient (Wildman–Crippen LogP) is 4.44. The Kier molecular flexibility index (Phi) is 5.25. The van der Waals surface area contributed by atoms with E-state index in [-0.39, 0.29) is 11.9 Å². The minimum Gasteiger partial charge on any atom is -0.337 e. The van der Waals surface area contributed by atoms with Crippen molar-refractivity contribution in [2.75, 3.05) is 20.1 Å². The number of halogens is 1. The fourth-order valence-corrected chi connectivity index (χ4v) is 4.91. The molecule has 6 heteroatoms. The molecule has 1 aliphatic carbocycles. The first-order valence-electron chi connectivity index (χ1n) is 10.8. The van der Waals surface area contributed by atoms with E-state index in [1.807, 2.05) is 54.7 Å². The molecule has 0 spiro atoms. The Balaban J connectivity index is 1.28. The maximum Gasteiger partial charge on any atom is 0.253 e. The first kappa shape index (κ1) is 19.6. The van der Waals surface area contributed by atoms with Crippen LogP contribution >= 0.6 is 11.6 Å². The predicted molar refractivity (Wildman–Crippen MR) is 120 cm³/mol. The summed E-state index contributed by atoms with van der Waals surface area (Å²) in [5, 5.41) is 0.620. The number of hydrogen-bond acceptors (Lipinski definition) is 3. The second kappa shape index (κ2) is 8.05. The molecule has 0 unspecified atom stereocenters. The largest absolute Gasteiger partial charge is 0.337 e. The molecule has 1 saturated carbocycles. The highest BCUT2D eigenvalue weighted by molar-refractivity contribution is 6.31. The van der Waals surface area contributed by atoms with Crippen LogP contribution in [0.5, 0.6) is 0 Å². The highest BCUT2D eigenvalue weighted by Crippen LogP contribution is 2.29. The number of carbonyl (C=O) groups is 1. The Hall–Kier alpha value is -2.37. The van der Waals surface area contributed by atoms with Crippen LogP contribution in [0.1, 0.15) is 41.6 Å². The zero-order valence-electron chi connectivity index (χ0n) is 17.3. The quantitative estimate of drug-likeness (QED) is 0.610. The van der Waals surface area contributed by atoms with E-state index in [0.29, 0.717) is 17.1 Å². The van der Waals surface area contributed by atoms with Gasteiger partial charge in [-0.1, -0.05) is 36.2 Å². The summed E-state index contributed by atoms with van der Waals surface area (Å²) >= 11 is 6.58. The molecule has 156 valence electrons. The number of hydrogen-bond donors (Lipinski definition) is 0. The Morgan fingerprint density at radius 3 is 2.80 bits per heavy atom. The lowest BCUT2D eigenvalue weighted by Gasteiger charge is -2.35. The average molecular weight is 423 g/mol. The van der Waals surface area contributed by atoms with Gasteiger partial charge in [-0.05, 0) is 49.1 Å². The van der Waals surface area contributed by atoms with E-state index in [1.54, 1.807) is 0 Å². The summed E-state index contributed by atoms with van der Waals surface area (Å²) in [5.74, 6) is 0.0528. The van der Waals surface area contributed by atoms with Gasteiger partial charge in [-0.2, -0.15) is 0 Å². The third-order valence-corrected chi connectivity index (χ3v) is 7.17. The van der Waals surface area contributed by atoms with E-state index >= 15 is 0 Å². The molecule has 0 radical (unpaired) electrons. The molecular formula is C24H27ClN4O. The van der Waals surface area contributed by atoms with E-state index in [1.165, 1.54) is 19.3 Å². The van der Waals surface area contributed by atoms with Crippen LogP contribution in [0, 0.1) is 0 Å². The average Bonchev–Trinajstić information content (AvgIpc) is 3.35. The number of imidazole rings is 1. The molecule has 1 aromatic heterocycles. The van der Waals surface area contributed by atoms with Crippen molar-refractivity contribution >= 4 is 28.5 Å². The number of likely N-dealkylation sites (N-methyl/N-ethyl adjacent to an activating group) is 1. The zero-order chi connectivity index (χ0) is 20.7. The van der Waals surface area contributed by atoms with Crippen molar-refractivity contribution in [2.24, 2.45) is 0 Å². The highest BCUT2D eigenvalue weighted by atomic mass is 35.5. The number of fused-ring (bicyclic) bond motifs is 1. The van der Waals surface area contributed by atoms with E-state index in [0.717, 1.165) is 42.1 Å². The molecule has 0 bridgehead atoms. The van der Waals surface area contributed by atoms with Crippen LogP contribution in [-0.2, 0) is 6.54 Å². The Morgan fingerprint density at radius 2 is 2.03 bits per heavy atom. The SMILES string of the molecule is CN(C(=O)c1ccc(Cn2cnc3ccccc32)c(Cl)c1)[C@@H]1CCN(C2CCC2)C1. The van der Waals surface area contributed by atoms with Crippen molar-refractivity contribution in [3.05, 3.63) is 64.9 Å². The van der Waals surface area contributed by atoms with Crippen LogP contribution in [0.4, 0.5) is 0 Å². The molecule has 1 atom stereocenters. The van der Waals surface area contributed by atoms with Crippen molar-refractivity contribution in [1.82, 2.24) is 19.4 Å². The number of benzene rings is 2. The molecular weight excluding hydrogens is 396 g/mol.